The van der Waals surface area contributed by atoms with Gasteiger partial charge in [0, 0.05) is 23.5 Å². The predicted octanol–water partition coefficient (Wildman–Crippen LogP) is 3.55. The highest BCUT2D eigenvalue weighted by atomic mass is 32.1. The minimum Gasteiger partial charge on any atom is -0.392 e. The standard InChI is InChI=1S/C18H18FN3O2S/c1-11-4-5-12(7-15(11)19)17-20-18(24-21-17)16-8-13(23)9-22(16)10-14-3-2-6-25-14/h2-7,13,16,23H,8-10H2,1H3. The van der Waals surface area contributed by atoms with Crippen LogP contribution in [0.25, 0.3) is 11.4 Å². The SMILES string of the molecule is Cc1ccc(-c2noc(C3CC(O)CN3Cc3cccs3)n2)cc1F. The molecule has 2 unspecified atom stereocenters. The van der Waals surface area contributed by atoms with Crippen LogP contribution in [-0.2, 0) is 6.54 Å². The van der Waals surface area contributed by atoms with E-state index in [0.29, 0.717) is 35.8 Å². The molecule has 5 nitrogen and oxygen atoms in total. The molecule has 2 atom stereocenters. The summed E-state index contributed by atoms with van der Waals surface area (Å²) in [6, 6.07) is 8.84. The molecule has 3 aromatic rings. The van der Waals surface area contributed by atoms with Gasteiger partial charge in [0.15, 0.2) is 0 Å². The van der Waals surface area contributed by atoms with Crippen molar-refractivity contribution in [3.8, 4) is 11.4 Å². The summed E-state index contributed by atoms with van der Waals surface area (Å²) in [6.07, 6.45) is 0.132. The van der Waals surface area contributed by atoms with Crippen molar-refractivity contribution in [2.24, 2.45) is 0 Å². The van der Waals surface area contributed by atoms with Crippen molar-refractivity contribution in [1.82, 2.24) is 15.0 Å². The number of aliphatic hydroxyl groups excluding tert-OH is 1. The number of β-amino-alcohol motifs (C(OH)–C–C–N with tert-alkyl or cyclic N) is 1. The molecule has 1 saturated heterocycles. The average Bonchev–Trinajstić information content (AvgIpc) is 3.31. The van der Waals surface area contributed by atoms with E-state index >= 15 is 0 Å². The summed E-state index contributed by atoms with van der Waals surface area (Å²) >= 11 is 1.68. The number of likely N-dealkylation sites (tertiary alicyclic amines) is 1. The Balaban J connectivity index is 1.58. The quantitative estimate of drug-likeness (QED) is 0.772. The van der Waals surface area contributed by atoms with Crippen molar-refractivity contribution in [2.45, 2.75) is 32.0 Å². The summed E-state index contributed by atoms with van der Waals surface area (Å²) in [6.45, 7) is 3.01. The number of hydrogen-bond donors (Lipinski definition) is 1. The van der Waals surface area contributed by atoms with Gasteiger partial charge in [0.2, 0.25) is 11.7 Å². The molecule has 1 aromatic carbocycles. The number of halogens is 1. The highest BCUT2D eigenvalue weighted by molar-refractivity contribution is 7.09. The zero-order chi connectivity index (χ0) is 17.4. The lowest BCUT2D eigenvalue weighted by Crippen LogP contribution is -2.24. The molecule has 0 amide bonds. The normalized spacial score (nSPS) is 21.1. The summed E-state index contributed by atoms with van der Waals surface area (Å²) in [5.74, 6) is 0.537. The zero-order valence-electron chi connectivity index (χ0n) is 13.7. The van der Waals surface area contributed by atoms with Crippen LogP contribution in [0, 0.1) is 12.7 Å². The molecule has 0 bridgehead atoms. The highest BCUT2D eigenvalue weighted by Crippen LogP contribution is 2.34. The van der Waals surface area contributed by atoms with Crippen molar-refractivity contribution in [3.63, 3.8) is 0 Å². The van der Waals surface area contributed by atoms with Crippen LogP contribution in [0.3, 0.4) is 0 Å². The Morgan fingerprint density at radius 1 is 1.40 bits per heavy atom. The van der Waals surface area contributed by atoms with E-state index in [1.165, 1.54) is 10.9 Å². The molecule has 1 fully saturated rings. The fraction of sp³-hybridized carbons (Fsp3) is 0.333. The Hall–Kier alpha value is -2.09. The number of aliphatic hydroxyl groups is 1. The molecule has 0 spiro atoms. The van der Waals surface area contributed by atoms with Gasteiger partial charge in [-0.15, -0.1) is 11.3 Å². The number of benzene rings is 1. The van der Waals surface area contributed by atoms with Crippen molar-refractivity contribution >= 4 is 11.3 Å². The molecular weight excluding hydrogens is 341 g/mol. The average molecular weight is 359 g/mol. The number of hydrogen-bond acceptors (Lipinski definition) is 6. The van der Waals surface area contributed by atoms with Crippen molar-refractivity contribution < 1.29 is 14.0 Å². The molecule has 2 aromatic heterocycles. The summed E-state index contributed by atoms with van der Waals surface area (Å²) in [4.78, 5) is 7.82. The lowest BCUT2D eigenvalue weighted by atomic mass is 10.1. The third-order valence-corrected chi connectivity index (χ3v) is 5.34. The Bertz CT molecular complexity index is 865. The summed E-state index contributed by atoms with van der Waals surface area (Å²) in [5.41, 5.74) is 1.16. The highest BCUT2D eigenvalue weighted by Gasteiger charge is 2.36. The van der Waals surface area contributed by atoms with Gasteiger partial charge >= 0.3 is 0 Å². The smallest absolute Gasteiger partial charge is 0.244 e. The van der Waals surface area contributed by atoms with Crippen LogP contribution >= 0.6 is 11.3 Å². The number of aromatic nitrogens is 2. The first-order valence-electron chi connectivity index (χ1n) is 8.15. The lowest BCUT2D eigenvalue weighted by Gasteiger charge is -2.20. The maximum absolute atomic E-state index is 13.8. The number of thiophene rings is 1. The van der Waals surface area contributed by atoms with E-state index in [-0.39, 0.29) is 11.9 Å². The van der Waals surface area contributed by atoms with Gasteiger partial charge in [0.05, 0.1) is 12.1 Å². The molecule has 130 valence electrons. The second-order valence-electron chi connectivity index (χ2n) is 6.33. The van der Waals surface area contributed by atoms with Gasteiger partial charge in [-0.1, -0.05) is 23.4 Å². The van der Waals surface area contributed by atoms with Gasteiger partial charge in [-0.2, -0.15) is 4.98 Å². The van der Waals surface area contributed by atoms with Crippen LogP contribution < -0.4 is 0 Å². The van der Waals surface area contributed by atoms with Crippen molar-refractivity contribution in [3.05, 3.63) is 57.9 Å². The van der Waals surface area contributed by atoms with Crippen LogP contribution in [0.15, 0.2) is 40.2 Å². The zero-order valence-corrected chi connectivity index (χ0v) is 14.5. The van der Waals surface area contributed by atoms with Crippen molar-refractivity contribution in [1.29, 1.82) is 0 Å². The topological polar surface area (TPSA) is 62.4 Å². The maximum atomic E-state index is 13.8. The molecule has 0 saturated carbocycles. The summed E-state index contributed by atoms with van der Waals surface area (Å²) in [5, 5.41) is 16.1. The van der Waals surface area contributed by atoms with E-state index in [0.717, 1.165) is 6.54 Å². The minimum atomic E-state index is -0.419. The van der Waals surface area contributed by atoms with E-state index in [1.807, 2.05) is 11.4 Å². The second kappa shape index (κ2) is 6.67. The van der Waals surface area contributed by atoms with E-state index < -0.39 is 6.10 Å². The fourth-order valence-electron chi connectivity index (χ4n) is 3.13. The van der Waals surface area contributed by atoms with Crippen LogP contribution in [0.1, 0.15) is 28.8 Å². The van der Waals surface area contributed by atoms with Gasteiger partial charge in [0.1, 0.15) is 5.82 Å². The lowest BCUT2D eigenvalue weighted by molar-refractivity contribution is 0.170. The van der Waals surface area contributed by atoms with Crippen LogP contribution in [-0.4, -0.2) is 32.8 Å². The summed E-state index contributed by atoms with van der Waals surface area (Å²) < 4.78 is 19.2. The van der Waals surface area contributed by atoms with Crippen LogP contribution in [0.5, 0.6) is 0 Å². The monoisotopic (exact) mass is 359 g/mol. The molecule has 4 rings (SSSR count). The Morgan fingerprint density at radius 2 is 2.28 bits per heavy atom. The maximum Gasteiger partial charge on any atom is 0.244 e. The number of nitrogens with zero attached hydrogens (tertiary/aromatic N) is 3. The molecule has 0 radical (unpaired) electrons. The molecule has 1 aliphatic rings. The first-order valence-corrected chi connectivity index (χ1v) is 9.03. The van der Waals surface area contributed by atoms with Gasteiger partial charge < -0.3 is 9.63 Å². The predicted molar refractivity (Wildman–Crippen MR) is 92.5 cm³/mol. The molecule has 7 heteroatoms. The van der Waals surface area contributed by atoms with E-state index in [1.54, 1.807) is 30.4 Å². The molecular formula is C18H18FN3O2S. The first kappa shape index (κ1) is 16.4. The van der Waals surface area contributed by atoms with Crippen LogP contribution in [0.2, 0.25) is 0 Å². The first-order chi connectivity index (χ1) is 12.1. The Morgan fingerprint density at radius 3 is 3.04 bits per heavy atom. The largest absolute Gasteiger partial charge is 0.392 e. The second-order valence-corrected chi connectivity index (χ2v) is 7.37. The molecule has 0 aliphatic carbocycles. The molecule has 3 heterocycles. The molecule has 25 heavy (non-hydrogen) atoms. The minimum absolute atomic E-state index is 0.131. The van der Waals surface area contributed by atoms with E-state index in [2.05, 4.69) is 21.1 Å². The Labute approximate surface area is 148 Å². The van der Waals surface area contributed by atoms with Crippen LogP contribution in [0.4, 0.5) is 4.39 Å². The number of rotatable bonds is 4. The van der Waals surface area contributed by atoms with Gasteiger partial charge in [-0.25, -0.2) is 4.39 Å². The van der Waals surface area contributed by atoms with Gasteiger partial charge in [0.25, 0.3) is 0 Å². The third kappa shape index (κ3) is 3.35. The molecule has 1 aliphatic heterocycles. The molecule has 1 N–H and O–H groups in total. The van der Waals surface area contributed by atoms with E-state index in [4.69, 9.17) is 4.52 Å². The summed E-state index contributed by atoms with van der Waals surface area (Å²) in [7, 11) is 0. The van der Waals surface area contributed by atoms with E-state index in [9.17, 15) is 9.50 Å². The Kier molecular flexibility index (Phi) is 4.37. The number of aryl methyl sites for hydroxylation is 1. The fourth-order valence-corrected chi connectivity index (χ4v) is 3.86. The van der Waals surface area contributed by atoms with Gasteiger partial charge in [-0.05, 0) is 36.4 Å². The van der Waals surface area contributed by atoms with Gasteiger partial charge in [-0.3, -0.25) is 4.90 Å². The van der Waals surface area contributed by atoms with Crippen molar-refractivity contribution in [2.75, 3.05) is 6.54 Å². The third-order valence-electron chi connectivity index (χ3n) is 4.48.